The summed E-state index contributed by atoms with van der Waals surface area (Å²) >= 11 is 0. The van der Waals surface area contributed by atoms with Crippen LogP contribution in [0.25, 0.3) is 45.3 Å². The average molecular weight is 819 g/mol. The van der Waals surface area contributed by atoms with Crippen LogP contribution in [0.1, 0.15) is 62.8 Å². The van der Waals surface area contributed by atoms with Crippen LogP contribution in [0.2, 0.25) is 0 Å². The van der Waals surface area contributed by atoms with Gasteiger partial charge in [0, 0.05) is 62.0 Å². The number of aromatic nitrogens is 12. The maximum atomic E-state index is 6.20. The van der Waals surface area contributed by atoms with E-state index in [9.17, 15) is 0 Å². The Kier molecular flexibility index (Phi) is 10.4. The number of hydrogen-bond donors (Lipinski definition) is 2. The fourth-order valence-corrected chi connectivity index (χ4v) is 7.91. The van der Waals surface area contributed by atoms with Crippen LogP contribution < -0.4 is 11.5 Å². The van der Waals surface area contributed by atoms with Gasteiger partial charge in [0.15, 0.2) is 11.6 Å². The second-order valence-electron chi connectivity index (χ2n) is 16.0. The molecule has 6 heterocycles. The topological polar surface area (TPSA) is 226 Å². The molecular weight excluding hydrogens is 773 g/mol. The molecule has 310 valence electrons. The Bertz CT molecular complexity index is 2720. The summed E-state index contributed by atoms with van der Waals surface area (Å²) in [5.74, 6) is 3.02. The summed E-state index contributed by atoms with van der Waals surface area (Å²) in [6.07, 6.45) is 15.2. The fraction of sp³-hybridized carbons (Fsp3) is 0.318. The van der Waals surface area contributed by atoms with Crippen molar-refractivity contribution >= 4 is 11.9 Å². The second kappa shape index (κ2) is 16.1. The van der Waals surface area contributed by atoms with Crippen LogP contribution in [0, 0.1) is 11.8 Å². The molecule has 1 aliphatic carbocycles. The highest BCUT2D eigenvalue weighted by molar-refractivity contribution is 5.64. The van der Waals surface area contributed by atoms with E-state index in [1.807, 2.05) is 36.1 Å². The fourth-order valence-electron chi connectivity index (χ4n) is 7.91. The Morgan fingerprint density at radius 3 is 1.90 bits per heavy atom. The number of aryl methyl sites for hydroxylation is 1. The van der Waals surface area contributed by atoms with Crippen molar-refractivity contribution in [3.05, 3.63) is 121 Å². The van der Waals surface area contributed by atoms with Crippen molar-refractivity contribution in [2.24, 2.45) is 18.9 Å². The zero-order valence-corrected chi connectivity index (χ0v) is 34.4. The number of nitrogens with two attached hydrogens (primary N) is 2. The highest BCUT2D eigenvalue weighted by atomic mass is 16.5. The van der Waals surface area contributed by atoms with Crippen LogP contribution in [0.5, 0.6) is 0 Å². The van der Waals surface area contributed by atoms with Gasteiger partial charge in [-0.25, -0.2) is 19.9 Å². The lowest BCUT2D eigenvalue weighted by molar-refractivity contribution is 0.104. The second-order valence-corrected chi connectivity index (χ2v) is 16.0. The first-order chi connectivity index (χ1) is 29.6. The van der Waals surface area contributed by atoms with Crippen molar-refractivity contribution in [1.82, 2.24) is 59.8 Å². The smallest absolute Gasteiger partial charge is 0.276 e. The molecular formula is C44H46N14O3. The summed E-state index contributed by atoms with van der Waals surface area (Å²) < 4.78 is 21.4. The van der Waals surface area contributed by atoms with Gasteiger partial charge in [-0.3, -0.25) is 9.36 Å². The molecule has 0 bridgehead atoms. The van der Waals surface area contributed by atoms with Gasteiger partial charge in [0.1, 0.15) is 5.69 Å². The first kappa shape index (κ1) is 39.3. The van der Waals surface area contributed by atoms with Gasteiger partial charge >= 0.3 is 0 Å². The Labute approximate surface area is 351 Å². The number of nitrogen functional groups attached to an aromatic ring is 2. The van der Waals surface area contributed by atoms with E-state index in [1.54, 1.807) is 41.9 Å². The standard InChI is InChI=1S/C44H46N14O3/c1-27(43(2,39-54-38(61-55-39)36-15-17-51-57(36)4)33-9-5-28(6-10-33)30-21-47-41(45)48-22-30)16-19-59-20-18-58-26-32(25-52-58)37-53-40(56-60-37)44(3,35-13-14-35)34-11-7-29(8-12-34)31-23-49-42(46)50-24-31/h5-12,15,17,21-27,35H,13-14,16,18-20H2,1-4H3,(H2,45,47,48)(H2,46,49,50)/t27?,43-,44?/m1/s1. The van der Waals surface area contributed by atoms with Gasteiger partial charge in [0.2, 0.25) is 11.9 Å². The minimum absolute atomic E-state index is 0.0517. The molecule has 2 unspecified atom stereocenters. The molecule has 0 radical (unpaired) electrons. The van der Waals surface area contributed by atoms with Crippen molar-refractivity contribution < 1.29 is 13.8 Å². The summed E-state index contributed by atoms with van der Waals surface area (Å²) in [5, 5.41) is 17.8. The van der Waals surface area contributed by atoms with Crippen LogP contribution in [0.3, 0.4) is 0 Å². The number of anilines is 2. The molecule has 1 saturated carbocycles. The summed E-state index contributed by atoms with van der Waals surface area (Å²) in [4.78, 5) is 26.4. The summed E-state index contributed by atoms with van der Waals surface area (Å²) in [5.41, 5.74) is 17.8. The van der Waals surface area contributed by atoms with Crippen LogP contribution in [0.15, 0.2) is 107 Å². The van der Waals surface area contributed by atoms with Gasteiger partial charge in [0.25, 0.3) is 11.8 Å². The van der Waals surface area contributed by atoms with Gasteiger partial charge < -0.3 is 25.3 Å². The molecule has 9 rings (SSSR count). The molecule has 2 aromatic carbocycles. The summed E-state index contributed by atoms with van der Waals surface area (Å²) in [7, 11) is 1.84. The lowest BCUT2D eigenvalue weighted by atomic mass is 9.70. The number of ether oxygens (including phenoxy) is 1. The van der Waals surface area contributed by atoms with E-state index in [0.717, 1.165) is 63.9 Å². The van der Waals surface area contributed by atoms with E-state index < -0.39 is 10.8 Å². The first-order valence-electron chi connectivity index (χ1n) is 20.2. The van der Waals surface area contributed by atoms with E-state index >= 15 is 0 Å². The molecule has 1 aliphatic rings. The lowest BCUT2D eigenvalue weighted by Crippen LogP contribution is -2.34. The molecule has 17 heteroatoms. The Morgan fingerprint density at radius 2 is 1.30 bits per heavy atom. The maximum absolute atomic E-state index is 6.20. The normalized spacial score (nSPS) is 15.3. The number of rotatable bonds is 16. The van der Waals surface area contributed by atoms with Gasteiger partial charge in [-0.05, 0) is 73.3 Å². The molecule has 0 aliphatic heterocycles. The highest BCUT2D eigenvalue weighted by Crippen LogP contribution is 2.51. The van der Waals surface area contributed by atoms with E-state index in [-0.39, 0.29) is 17.8 Å². The summed E-state index contributed by atoms with van der Waals surface area (Å²) in [6, 6.07) is 18.5. The Morgan fingerprint density at radius 1 is 0.705 bits per heavy atom. The maximum Gasteiger partial charge on any atom is 0.276 e. The van der Waals surface area contributed by atoms with Gasteiger partial charge in [-0.1, -0.05) is 65.8 Å². The van der Waals surface area contributed by atoms with Crippen molar-refractivity contribution in [2.75, 3.05) is 24.7 Å². The Hall–Kier alpha value is -7.14. The third kappa shape index (κ3) is 7.75. The van der Waals surface area contributed by atoms with Crippen molar-refractivity contribution in [3.63, 3.8) is 0 Å². The summed E-state index contributed by atoms with van der Waals surface area (Å²) in [6.45, 7) is 8.05. The first-order valence-corrected chi connectivity index (χ1v) is 20.2. The molecule has 0 saturated heterocycles. The zero-order valence-electron chi connectivity index (χ0n) is 34.4. The molecule has 6 aromatic heterocycles. The molecule has 0 amide bonds. The SMILES string of the molecule is CC(CCOCCn1cc(-c2nc(C(C)(c3ccc(-c4cnc(N)nc4)cc3)C3CC3)no2)cn1)[C@](C)(c1ccc(-c2cnc(N)nc2)cc1)c1noc(-c2ccnn2C)n1. The van der Waals surface area contributed by atoms with Gasteiger partial charge in [-0.2, -0.15) is 20.2 Å². The minimum atomic E-state index is -0.619. The average Bonchev–Trinajstić information content (AvgIpc) is 3.66. The van der Waals surface area contributed by atoms with Gasteiger partial charge in [-0.15, -0.1) is 0 Å². The largest absolute Gasteiger partial charge is 0.380 e. The third-order valence-corrected chi connectivity index (χ3v) is 12.2. The zero-order chi connectivity index (χ0) is 42.1. The lowest BCUT2D eigenvalue weighted by Gasteiger charge is -2.33. The van der Waals surface area contributed by atoms with Crippen LogP contribution in [0.4, 0.5) is 11.9 Å². The van der Waals surface area contributed by atoms with Crippen LogP contribution in [-0.2, 0) is 29.2 Å². The monoisotopic (exact) mass is 818 g/mol. The van der Waals surface area contributed by atoms with E-state index in [4.69, 9.17) is 35.2 Å². The van der Waals surface area contributed by atoms with Gasteiger partial charge in [0.05, 0.1) is 35.7 Å². The molecule has 1 fully saturated rings. The molecule has 17 nitrogen and oxygen atoms in total. The number of hydrogen-bond acceptors (Lipinski definition) is 15. The highest BCUT2D eigenvalue weighted by Gasteiger charge is 2.47. The van der Waals surface area contributed by atoms with E-state index in [0.29, 0.717) is 49.1 Å². The molecule has 3 atom stereocenters. The van der Waals surface area contributed by atoms with Crippen LogP contribution in [-0.4, -0.2) is 73.0 Å². The Balaban J connectivity index is 0.845. The predicted molar refractivity (Wildman–Crippen MR) is 226 cm³/mol. The predicted octanol–water partition coefficient (Wildman–Crippen LogP) is 6.56. The third-order valence-electron chi connectivity index (χ3n) is 12.2. The van der Waals surface area contributed by atoms with Crippen molar-refractivity contribution in [2.45, 2.75) is 57.4 Å². The number of nitrogens with zero attached hydrogens (tertiary/aromatic N) is 12. The van der Waals surface area contributed by atoms with Crippen molar-refractivity contribution in [1.29, 1.82) is 0 Å². The molecule has 4 N–H and O–H groups in total. The van der Waals surface area contributed by atoms with Crippen molar-refractivity contribution in [3.8, 4) is 45.3 Å². The molecule has 0 spiro atoms. The minimum Gasteiger partial charge on any atom is -0.380 e. The van der Waals surface area contributed by atoms with E-state index in [2.05, 4.69) is 97.6 Å². The molecule has 61 heavy (non-hydrogen) atoms. The molecule has 8 aromatic rings. The van der Waals surface area contributed by atoms with Crippen LogP contribution >= 0.6 is 0 Å². The quantitative estimate of drug-likeness (QED) is 0.0985. The van der Waals surface area contributed by atoms with E-state index in [1.165, 1.54) is 0 Å². The number of benzene rings is 2.